The van der Waals surface area contributed by atoms with Gasteiger partial charge in [0.2, 0.25) is 10.0 Å². The quantitative estimate of drug-likeness (QED) is 0.449. The number of hydrogen-bond donors (Lipinski definition) is 1. The van der Waals surface area contributed by atoms with Crippen molar-refractivity contribution in [2.45, 2.75) is 96.1 Å². The predicted molar refractivity (Wildman–Crippen MR) is 93.1 cm³/mol. The zero-order valence-electron chi connectivity index (χ0n) is 14.4. The van der Waals surface area contributed by atoms with Crippen molar-refractivity contribution in [2.75, 3.05) is 6.54 Å². The Morgan fingerprint density at radius 3 is 2.05 bits per heavy atom. The summed E-state index contributed by atoms with van der Waals surface area (Å²) in [7, 11) is -3.27. The summed E-state index contributed by atoms with van der Waals surface area (Å²) in [5.74, 6) is 0. The van der Waals surface area contributed by atoms with E-state index in [0.29, 0.717) is 0 Å². The lowest BCUT2D eigenvalue weighted by Crippen LogP contribution is -2.35. The van der Waals surface area contributed by atoms with E-state index in [2.05, 4.69) is 18.6 Å². The molecule has 1 unspecified atom stereocenters. The number of hydrogen-bond acceptors (Lipinski definition) is 3. The van der Waals surface area contributed by atoms with E-state index in [1.807, 2.05) is 6.07 Å². The number of unbranched alkanes of at least 4 members (excludes halogenated alkanes) is 7. The van der Waals surface area contributed by atoms with Gasteiger partial charge >= 0.3 is 0 Å². The van der Waals surface area contributed by atoms with Gasteiger partial charge in [0.05, 0.1) is 11.3 Å². The molecule has 0 saturated carbocycles. The Balaban J connectivity index is 4.13. The Labute approximate surface area is 137 Å². The highest BCUT2D eigenvalue weighted by Gasteiger charge is 2.23. The molecule has 130 valence electrons. The minimum atomic E-state index is -3.27. The minimum absolute atomic E-state index is 0.233. The van der Waals surface area contributed by atoms with Crippen LogP contribution in [0.1, 0.15) is 90.9 Å². The molecule has 0 saturated heterocycles. The summed E-state index contributed by atoms with van der Waals surface area (Å²) in [5.41, 5.74) is 0. The van der Waals surface area contributed by atoms with Crippen LogP contribution in [0.15, 0.2) is 0 Å². The molecular formula is C17H34N2O2S. The number of rotatable bonds is 15. The Kier molecular flexibility index (Phi) is 13.6. The van der Waals surface area contributed by atoms with E-state index >= 15 is 0 Å². The normalized spacial score (nSPS) is 13.0. The van der Waals surface area contributed by atoms with Crippen LogP contribution in [0.3, 0.4) is 0 Å². The third-order valence-electron chi connectivity index (χ3n) is 3.99. The van der Waals surface area contributed by atoms with Crippen LogP contribution in [0, 0.1) is 11.3 Å². The molecular weight excluding hydrogens is 296 g/mol. The summed E-state index contributed by atoms with van der Waals surface area (Å²) >= 11 is 0. The maximum absolute atomic E-state index is 12.3. The molecule has 1 atom stereocenters. The van der Waals surface area contributed by atoms with E-state index in [0.717, 1.165) is 38.5 Å². The van der Waals surface area contributed by atoms with Gasteiger partial charge in [-0.25, -0.2) is 13.1 Å². The topological polar surface area (TPSA) is 70.0 Å². The van der Waals surface area contributed by atoms with Crippen molar-refractivity contribution >= 4 is 10.0 Å². The summed E-state index contributed by atoms with van der Waals surface area (Å²) in [6.45, 7) is 4.53. The predicted octanol–water partition coefficient (Wildman–Crippen LogP) is 4.52. The van der Waals surface area contributed by atoms with Crippen LogP contribution in [0.2, 0.25) is 0 Å². The van der Waals surface area contributed by atoms with Crippen LogP contribution in [-0.4, -0.2) is 20.2 Å². The van der Waals surface area contributed by atoms with Gasteiger partial charge in [-0.2, -0.15) is 5.26 Å². The lowest BCUT2D eigenvalue weighted by atomic mass is 10.1. The van der Waals surface area contributed by atoms with E-state index in [4.69, 9.17) is 5.26 Å². The Bertz CT molecular complexity index is 388. The molecule has 0 aliphatic rings. The summed E-state index contributed by atoms with van der Waals surface area (Å²) in [6, 6.07) is 1.97. The van der Waals surface area contributed by atoms with Gasteiger partial charge in [0.15, 0.2) is 0 Å². The average molecular weight is 331 g/mol. The van der Waals surface area contributed by atoms with E-state index < -0.39 is 10.0 Å². The second-order valence-electron chi connectivity index (χ2n) is 6.02. The van der Waals surface area contributed by atoms with Crippen LogP contribution in [0.4, 0.5) is 0 Å². The SMILES string of the molecule is CCCCCCCCCC(CCCC)S(=O)(=O)NCCC#N. The van der Waals surface area contributed by atoms with Gasteiger partial charge in [0, 0.05) is 13.0 Å². The number of nitrogens with one attached hydrogen (secondary N) is 1. The molecule has 1 N–H and O–H groups in total. The molecule has 0 aromatic heterocycles. The summed E-state index contributed by atoms with van der Waals surface area (Å²) in [5, 5.41) is 8.23. The van der Waals surface area contributed by atoms with Crippen molar-refractivity contribution in [1.82, 2.24) is 4.72 Å². The van der Waals surface area contributed by atoms with Crippen molar-refractivity contribution < 1.29 is 8.42 Å². The monoisotopic (exact) mass is 330 g/mol. The molecule has 0 amide bonds. The third-order valence-corrected chi connectivity index (χ3v) is 5.94. The highest BCUT2D eigenvalue weighted by Crippen LogP contribution is 2.18. The number of nitrogens with zero attached hydrogens (tertiary/aromatic N) is 1. The second-order valence-corrected chi connectivity index (χ2v) is 8.07. The van der Waals surface area contributed by atoms with E-state index in [1.54, 1.807) is 0 Å². The van der Waals surface area contributed by atoms with Crippen LogP contribution in [0.5, 0.6) is 0 Å². The molecule has 0 aromatic rings. The first-order valence-corrected chi connectivity index (χ1v) is 10.5. The van der Waals surface area contributed by atoms with E-state index in [9.17, 15) is 8.42 Å². The first kappa shape index (κ1) is 21.4. The van der Waals surface area contributed by atoms with Crippen LogP contribution in [-0.2, 0) is 10.0 Å². The summed E-state index contributed by atoms with van der Waals surface area (Å²) in [6.07, 6.45) is 12.1. The Hall–Kier alpha value is -0.600. The molecule has 22 heavy (non-hydrogen) atoms. The molecule has 0 aliphatic carbocycles. The summed E-state index contributed by atoms with van der Waals surface area (Å²) in [4.78, 5) is 0. The van der Waals surface area contributed by atoms with Crippen molar-refractivity contribution in [3.63, 3.8) is 0 Å². The maximum atomic E-state index is 12.3. The van der Waals surface area contributed by atoms with Crippen LogP contribution < -0.4 is 4.72 Å². The minimum Gasteiger partial charge on any atom is -0.214 e. The fourth-order valence-corrected chi connectivity index (χ4v) is 4.16. The molecule has 0 aliphatic heterocycles. The van der Waals surface area contributed by atoms with E-state index in [-0.39, 0.29) is 18.2 Å². The average Bonchev–Trinajstić information content (AvgIpc) is 2.49. The summed E-state index contributed by atoms with van der Waals surface area (Å²) < 4.78 is 27.2. The first-order chi connectivity index (χ1) is 10.6. The standard InChI is InChI=1S/C17H34N2O2S/c1-3-5-7-8-9-10-11-14-17(13-6-4-2)22(20,21)19-16-12-15-18/h17,19H,3-14,16H2,1-2H3. The number of sulfonamides is 1. The number of nitriles is 1. The van der Waals surface area contributed by atoms with E-state index in [1.165, 1.54) is 32.1 Å². The molecule has 0 aromatic carbocycles. The largest absolute Gasteiger partial charge is 0.214 e. The van der Waals surface area contributed by atoms with Crippen molar-refractivity contribution in [1.29, 1.82) is 5.26 Å². The van der Waals surface area contributed by atoms with Gasteiger partial charge in [-0.15, -0.1) is 0 Å². The molecule has 0 rings (SSSR count). The van der Waals surface area contributed by atoms with Crippen LogP contribution >= 0.6 is 0 Å². The van der Waals surface area contributed by atoms with Gasteiger partial charge in [0.25, 0.3) is 0 Å². The smallest absolute Gasteiger partial charge is 0.214 e. The van der Waals surface area contributed by atoms with Gasteiger partial charge in [-0.3, -0.25) is 0 Å². The van der Waals surface area contributed by atoms with Gasteiger partial charge in [0.1, 0.15) is 0 Å². The zero-order valence-corrected chi connectivity index (χ0v) is 15.3. The highest BCUT2D eigenvalue weighted by molar-refractivity contribution is 7.90. The lowest BCUT2D eigenvalue weighted by molar-refractivity contribution is 0.515. The lowest BCUT2D eigenvalue weighted by Gasteiger charge is -2.17. The van der Waals surface area contributed by atoms with Crippen LogP contribution in [0.25, 0.3) is 0 Å². The molecule has 4 nitrogen and oxygen atoms in total. The molecule has 0 radical (unpaired) electrons. The molecule has 0 bridgehead atoms. The van der Waals surface area contributed by atoms with Gasteiger partial charge < -0.3 is 0 Å². The molecule has 5 heteroatoms. The van der Waals surface area contributed by atoms with Crippen molar-refractivity contribution in [3.8, 4) is 6.07 Å². The zero-order chi connectivity index (χ0) is 16.7. The van der Waals surface area contributed by atoms with Gasteiger partial charge in [-0.05, 0) is 12.8 Å². The molecule has 0 fully saturated rings. The third kappa shape index (κ3) is 11.0. The Morgan fingerprint density at radius 2 is 1.45 bits per heavy atom. The second kappa shape index (κ2) is 14.0. The maximum Gasteiger partial charge on any atom is 0.214 e. The van der Waals surface area contributed by atoms with Crippen molar-refractivity contribution in [3.05, 3.63) is 0 Å². The highest BCUT2D eigenvalue weighted by atomic mass is 32.2. The van der Waals surface area contributed by atoms with Gasteiger partial charge in [-0.1, -0.05) is 71.6 Å². The Morgan fingerprint density at radius 1 is 0.909 bits per heavy atom. The fraction of sp³-hybridized carbons (Fsp3) is 0.941. The first-order valence-electron chi connectivity index (χ1n) is 8.93. The fourth-order valence-electron chi connectivity index (χ4n) is 2.58. The molecule has 0 heterocycles. The van der Waals surface area contributed by atoms with Crippen molar-refractivity contribution in [2.24, 2.45) is 0 Å². The molecule has 0 spiro atoms.